The van der Waals surface area contributed by atoms with E-state index in [1.54, 1.807) is 12.4 Å². The van der Waals surface area contributed by atoms with Gasteiger partial charge in [-0.1, -0.05) is 0 Å². The largest absolute Gasteiger partial charge is 0.454 e. The SMILES string of the molecule is c1cc(-c2[nH]nc3c2CCc2cc4c(cc2-3)OCO4)ccn1. The molecule has 0 spiro atoms. The number of hydrogen-bond acceptors (Lipinski definition) is 4. The smallest absolute Gasteiger partial charge is 0.231 e. The molecule has 2 aromatic heterocycles. The number of rotatable bonds is 1. The van der Waals surface area contributed by atoms with Gasteiger partial charge < -0.3 is 9.47 Å². The van der Waals surface area contributed by atoms with Gasteiger partial charge in [0.25, 0.3) is 0 Å². The number of H-pyrrole nitrogens is 1. The number of ether oxygens (including phenoxy) is 2. The fourth-order valence-corrected chi connectivity index (χ4v) is 3.26. The molecule has 2 aliphatic rings. The van der Waals surface area contributed by atoms with Crippen LogP contribution in [-0.2, 0) is 12.8 Å². The average molecular weight is 291 g/mol. The van der Waals surface area contributed by atoms with Crippen molar-refractivity contribution in [3.8, 4) is 34.0 Å². The Bertz CT molecular complexity index is 871. The molecule has 5 nitrogen and oxygen atoms in total. The van der Waals surface area contributed by atoms with E-state index in [-0.39, 0.29) is 0 Å². The molecule has 0 unspecified atom stereocenters. The van der Waals surface area contributed by atoms with Crippen molar-refractivity contribution in [2.45, 2.75) is 12.8 Å². The van der Waals surface area contributed by atoms with Gasteiger partial charge in [-0.3, -0.25) is 10.1 Å². The van der Waals surface area contributed by atoms with E-state index < -0.39 is 0 Å². The third kappa shape index (κ3) is 1.59. The molecule has 0 fully saturated rings. The Kier molecular flexibility index (Phi) is 2.33. The van der Waals surface area contributed by atoms with Gasteiger partial charge >= 0.3 is 0 Å². The lowest BCUT2D eigenvalue weighted by Crippen LogP contribution is -2.03. The number of benzene rings is 1. The molecule has 0 bridgehead atoms. The van der Waals surface area contributed by atoms with Gasteiger partial charge in [0.15, 0.2) is 11.5 Å². The van der Waals surface area contributed by atoms with Crippen molar-refractivity contribution in [1.82, 2.24) is 15.2 Å². The van der Waals surface area contributed by atoms with Gasteiger partial charge in [0, 0.05) is 29.1 Å². The first-order chi connectivity index (χ1) is 10.9. The fraction of sp³-hybridized carbons (Fsp3) is 0.176. The zero-order valence-electron chi connectivity index (χ0n) is 11.8. The van der Waals surface area contributed by atoms with Crippen molar-refractivity contribution >= 4 is 0 Å². The van der Waals surface area contributed by atoms with Gasteiger partial charge in [0.05, 0.1) is 11.4 Å². The summed E-state index contributed by atoms with van der Waals surface area (Å²) in [4.78, 5) is 4.08. The van der Waals surface area contributed by atoms with Crippen molar-refractivity contribution in [3.63, 3.8) is 0 Å². The van der Waals surface area contributed by atoms with Crippen molar-refractivity contribution in [2.24, 2.45) is 0 Å². The molecule has 108 valence electrons. The molecule has 3 heterocycles. The molecule has 0 radical (unpaired) electrons. The van der Waals surface area contributed by atoms with Gasteiger partial charge in [0.1, 0.15) is 0 Å². The summed E-state index contributed by atoms with van der Waals surface area (Å²) < 4.78 is 11.0. The van der Waals surface area contributed by atoms with Crippen LogP contribution in [-0.4, -0.2) is 22.0 Å². The van der Waals surface area contributed by atoms with Crippen LogP contribution >= 0.6 is 0 Å². The first-order valence-electron chi connectivity index (χ1n) is 7.31. The minimum atomic E-state index is 0.300. The number of nitrogens with one attached hydrogen (secondary N) is 1. The Morgan fingerprint density at radius 3 is 2.68 bits per heavy atom. The molecule has 3 aromatic rings. The highest BCUT2D eigenvalue weighted by Gasteiger charge is 2.26. The van der Waals surface area contributed by atoms with Crippen LogP contribution in [0.15, 0.2) is 36.7 Å². The second kappa shape index (κ2) is 4.34. The van der Waals surface area contributed by atoms with Gasteiger partial charge in [-0.05, 0) is 42.7 Å². The second-order valence-corrected chi connectivity index (χ2v) is 5.52. The van der Waals surface area contributed by atoms with Crippen LogP contribution in [0.5, 0.6) is 11.5 Å². The highest BCUT2D eigenvalue weighted by molar-refractivity contribution is 5.79. The van der Waals surface area contributed by atoms with Crippen LogP contribution in [0, 0.1) is 0 Å². The number of pyridine rings is 1. The summed E-state index contributed by atoms with van der Waals surface area (Å²) in [6, 6.07) is 8.14. The van der Waals surface area contributed by atoms with E-state index in [1.807, 2.05) is 18.2 Å². The number of fused-ring (bicyclic) bond motifs is 4. The van der Waals surface area contributed by atoms with Gasteiger partial charge in [0.2, 0.25) is 6.79 Å². The predicted octanol–water partition coefficient (Wildman–Crippen LogP) is 2.97. The molecule has 0 atom stereocenters. The van der Waals surface area contributed by atoms with E-state index in [0.29, 0.717) is 6.79 Å². The molecule has 1 aromatic carbocycles. The van der Waals surface area contributed by atoms with Crippen LogP contribution in [0.1, 0.15) is 11.1 Å². The topological polar surface area (TPSA) is 60.0 Å². The third-order valence-electron chi connectivity index (χ3n) is 4.33. The Morgan fingerprint density at radius 2 is 1.82 bits per heavy atom. The van der Waals surface area contributed by atoms with Crippen LogP contribution < -0.4 is 9.47 Å². The lowest BCUT2D eigenvalue weighted by atomic mass is 9.87. The van der Waals surface area contributed by atoms with E-state index in [9.17, 15) is 0 Å². The fourth-order valence-electron chi connectivity index (χ4n) is 3.26. The molecule has 0 amide bonds. The summed E-state index contributed by atoms with van der Waals surface area (Å²) in [5.74, 6) is 1.65. The molecule has 0 saturated heterocycles. The highest BCUT2D eigenvalue weighted by atomic mass is 16.7. The maximum Gasteiger partial charge on any atom is 0.231 e. The molecule has 1 aliphatic carbocycles. The minimum Gasteiger partial charge on any atom is -0.454 e. The molecular formula is C17H13N3O2. The predicted molar refractivity (Wildman–Crippen MR) is 80.8 cm³/mol. The van der Waals surface area contributed by atoms with Crippen LogP contribution in [0.2, 0.25) is 0 Å². The Balaban J connectivity index is 1.68. The van der Waals surface area contributed by atoms with Gasteiger partial charge in [-0.2, -0.15) is 5.10 Å². The zero-order chi connectivity index (χ0) is 14.5. The molecule has 22 heavy (non-hydrogen) atoms. The molecular weight excluding hydrogens is 278 g/mol. The van der Waals surface area contributed by atoms with Crippen LogP contribution in [0.4, 0.5) is 0 Å². The second-order valence-electron chi connectivity index (χ2n) is 5.52. The number of aromatic nitrogens is 3. The quantitative estimate of drug-likeness (QED) is 0.749. The molecule has 1 aliphatic heterocycles. The summed E-state index contributed by atoms with van der Waals surface area (Å²) in [6.07, 6.45) is 5.56. The molecule has 5 heteroatoms. The normalized spacial score (nSPS) is 14.5. The van der Waals surface area contributed by atoms with E-state index in [4.69, 9.17) is 9.47 Å². The lowest BCUT2D eigenvalue weighted by Gasteiger charge is -2.16. The van der Waals surface area contributed by atoms with Gasteiger partial charge in [-0.15, -0.1) is 0 Å². The van der Waals surface area contributed by atoms with Crippen molar-refractivity contribution in [2.75, 3.05) is 6.79 Å². The van der Waals surface area contributed by atoms with E-state index in [0.717, 1.165) is 46.9 Å². The summed E-state index contributed by atoms with van der Waals surface area (Å²) >= 11 is 0. The average Bonchev–Trinajstić information content (AvgIpc) is 3.19. The van der Waals surface area contributed by atoms with Crippen LogP contribution in [0.25, 0.3) is 22.5 Å². The molecule has 1 N–H and O–H groups in total. The van der Waals surface area contributed by atoms with E-state index >= 15 is 0 Å². The maximum atomic E-state index is 5.50. The Labute approximate surface area is 126 Å². The first-order valence-corrected chi connectivity index (χ1v) is 7.31. The Hall–Kier alpha value is -2.82. The number of aryl methyl sites for hydroxylation is 1. The number of aromatic amines is 1. The molecule has 0 saturated carbocycles. The molecule has 5 rings (SSSR count). The summed E-state index contributed by atoms with van der Waals surface area (Å²) in [5.41, 5.74) is 6.89. The van der Waals surface area contributed by atoms with Crippen molar-refractivity contribution in [3.05, 3.63) is 47.8 Å². The van der Waals surface area contributed by atoms with Crippen LogP contribution in [0.3, 0.4) is 0 Å². The maximum absolute atomic E-state index is 5.50. The number of hydrogen-bond donors (Lipinski definition) is 1. The Morgan fingerprint density at radius 1 is 1.00 bits per heavy atom. The summed E-state index contributed by atoms with van der Waals surface area (Å²) in [7, 11) is 0. The lowest BCUT2D eigenvalue weighted by molar-refractivity contribution is 0.174. The van der Waals surface area contributed by atoms with E-state index in [1.165, 1.54) is 11.1 Å². The van der Waals surface area contributed by atoms with Crippen molar-refractivity contribution in [1.29, 1.82) is 0 Å². The summed E-state index contributed by atoms with van der Waals surface area (Å²) in [6.45, 7) is 0.300. The van der Waals surface area contributed by atoms with E-state index in [2.05, 4.69) is 21.2 Å². The third-order valence-corrected chi connectivity index (χ3v) is 4.33. The van der Waals surface area contributed by atoms with Gasteiger partial charge in [-0.25, -0.2) is 0 Å². The minimum absolute atomic E-state index is 0.300. The number of nitrogens with zero attached hydrogens (tertiary/aromatic N) is 2. The zero-order valence-corrected chi connectivity index (χ0v) is 11.8. The first kappa shape index (κ1) is 11.8. The summed E-state index contributed by atoms with van der Waals surface area (Å²) in [5, 5.41) is 7.75. The highest BCUT2D eigenvalue weighted by Crippen LogP contribution is 2.43. The van der Waals surface area contributed by atoms with Crippen molar-refractivity contribution < 1.29 is 9.47 Å². The monoisotopic (exact) mass is 291 g/mol. The standard InChI is InChI=1S/C17H13N3O2/c1-2-12-16(10-3-5-18-6-4-10)19-20-17(12)13-8-15-14(7-11(1)13)21-9-22-15/h3-8H,1-2,9H2,(H,19,20).